The van der Waals surface area contributed by atoms with Crippen LogP contribution in [0, 0.1) is 11.2 Å². The molecule has 0 aromatic carbocycles. The van der Waals surface area contributed by atoms with Crippen molar-refractivity contribution in [1.82, 2.24) is 30.3 Å². The molecule has 5 aromatic heterocycles. The predicted octanol–water partition coefficient (Wildman–Crippen LogP) is 5.33. The van der Waals surface area contributed by atoms with Crippen molar-refractivity contribution in [3.63, 3.8) is 0 Å². The Morgan fingerprint density at radius 2 is 1.93 bits per heavy atom. The number of amides is 1. The van der Waals surface area contributed by atoms with Gasteiger partial charge < -0.3 is 15.7 Å². The van der Waals surface area contributed by atoms with E-state index < -0.39 is 11.2 Å². The summed E-state index contributed by atoms with van der Waals surface area (Å²) >= 11 is 1.38. The molecule has 0 atom stereocenters. The van der Waals surface area contributed by atoms with Crippen LogP contribution in [0.1, 0.15) is 54.3 Å². The van der Waals surface area contributed by atoms with Gasteiger partial charge in [-0.15, -0.1) is 11.3 Å². The van der Waals surface area contributed by atoms with Crippen molar-refractivity contribution < 1.29 is 14.0 Å². The number of imidazole rings is 1. The molecule has 41 heavy (non-hydrogen) atoms. The summed E-state index contributed by atoms with van der Waals surface area (Å²) in [5.41, 5.74) is 6.30. The van der Waals surface area contributed by atoms with Crippen LogP contribution >= 0.6 is 11.3 Å². The first-order valence-electron chi connectivity index (χ1n) is 12.8. The van der Waals surface area contributed by atoms with Crippen LogP contribution in [0.3, 0.4) is 0 Å². The van der Waals surface area contributed by atoms with E-state index in [1.807, 2.05) is 12.1 Å². The van der Waals surface area contributed by atoms with E-state index in [1.54, 1.807) is 45.3 Å². The summed E-state index contributed by atoms with van der Waals surface area (Å²) in [4.78, 5) is 46.7. The molecule has 1 aliphatic heterocycles. The number of rotatable bonds is 5. The lowest BCUT2D eigenvalue weighted by Gasteiger charge is -2.19. The maximum atomic E-state index is 16.3. The summed E-state index contributed by atoms with van der Waals surface area (Å²) < 4.78 is 16.3. The molecule has 6 heterocycles. The Balaban J connectivity index is 1.41. The average Bonchev–Trinajstić information content (AvgIpc) is 3.61. The van der Waals surface area contributed by atoms with Crippen molar-refractivity contribution in [3.05, 3.63) is 76.7 Å². The van der Waals surface area contributed by atoms with E-state index in [9.17, 15) is 9.59 Å². The molecule has 3 N–H and O–H groups in total. The summed E-state index contributed by atoms with van der Waals surface area (Å²) in [5.74, 6) is -0.444. The van der Waals surface area contributed by atoms with Crippen LogP contribution in [0.5, 0.6) is 0 Å². The van der Waals surface area contributed by atoms with Crippen LogP contribution in [0.4, 0.5) is 10.1 Å². The first-order chi connectivity index (χ1) is 19.6. The standard InChI is InChI=1S/C29H25FN8O2S/c1-14(39)19-5-6-20(41-19)18-7-8-32-26-24(18)36-27(37-26)25-21-16(12-34-38-25)11-33-23(22(21)30)15-9-17(13-31-10-15)35-28(40)29(2,3)4/h5-11,13,34H,12H2,1-4H3,(H,35,40)(H,32,36,37). The van der Waals surface area contributed by atoms with Gasteiger partial charge in [-0.05, 0) is 31.2 Å². The molecule has 10 nitrogen and oxygen atoms in total. The van der Waals surface area contributed by atoms with Crippen LogP contribution in [0.15, 0.2) is 54.2 Å². The number of aromatic nitrogens is 5. The number of carbonyl (C=O) groups excluding carboxylic acids is 2. The maximum absolute atomic E-state index is 16.3. The summed E-state index contributed by atoms with van der Waals surface area (Å²) in [6.07, 6.45) is 6.24. The largest absolute Gasteiger partial charge is 0.335 e. The van der Waals surface area contributed by atoms with Crippen molar-refractivity contribution in [1.29, 1.82) is 0 Å². The molecular weight excluding hydrogens is 543 g/mol. The Bertz CT molecular complexity index is 1890. The van der Waals surface area contributed by atoms with Crippen LogP contribution in [0.25, 0.3) is 32.9 Å². The lowest BCUT2D eigenvalue weighted by atomic mass is 9.95. The van der Waals surface area contributed by atoms with E-state index >= 15 is 4.39 Å². The quantitative estimate of drug-likeness (QED) is 0.244. The third-order valence-electron chi connectivity index (χ3n) is 6.58. The van der Waals surface area contributed by atoms with E-state index in [0.29, 0.717) is 38.7 Å². The molecule has 0 fully saturated rings. The molecule has 0 saturated heterocycles. The third kappa shape index (κ3) is 4.86. The van der Waals surface area contributed by atoms with E-state index in [1.165, 1.54) is 30.7 Å². The van der Waals surface area contributed by atoms with Crippen LogP contribution in [-0.4, -0.2) is 42.3 Å². The highest BCUT2D eigenvalue weighted by atomic mass is 32.1. The van der Waals surface area contributed by atoms with Gasteiger partial charge in [0.15, 0.2) is 23.1 Å². The molecule has 12 heteroatoms. The normalized spacial score (nSPS) is 13.0. The number of fused-ring (bicyclic) bond motifs is 2. The first-order valence-corrected chi connectivity index (χ1v) is 13.6. The van der Waals surface area contributed by atoms with Crippen LogP contribution in [-0.2, 0) is 11.3 Å². The number of aromatic amines is 1. The molecule has 0 bridgehead atoms. The van der Waals surface area contributed by atoms with Crippen molar-refractivity contribution in [2.45, 2.75) is 34.2 Å². The number of anilines is 1. The molecule has 0 aliphatic carbocycles. The lowest BCUT2D eigenvalue weighted by molar-refractivity contribution is -0.123. The fraction of sp³-hybridized carbons (Fsp3) is 0.207. The molecule has 0 radical (unpaired) electrons. The second-order valence-corrected chi connectivity index (χ2v) is 11.7. The smallest absolute Gasteiger partial charge is 0.229 e. The highest BCUT2D eigenvalue weighted by Gasteiger charge is 2.28. The summed E-state index contributed by atoms with van der Waals surface area (Å²) in [7, 11) is 0. The number of hydrazone groups is 1. The number of nitrogens with zero attached hydrogens (tertiary/aromatic N) is 5. The summed E-state index contributed by atoms with van der Waals surface area (Å²) in [6, 6.07) is 7.16. The number of Topliss-reactive ketones (excluding diaryl/α,β-unsaturated/α-hetero) is 1. The molecule has 1 amide bonds. The fourth-order valence-corrected chi connectivity index (χ4v) is 5.33. The van der Waals surface area contributed by atoms with Crippen molar-refractivity contribution in [2.24, 2.45) is 10.5 Å². The number of ketones is 1. The Kier molecular flexibility index (Phi) is 6.41. The van der Waals surface area contributed by atoms with E-state index in [4.69, 9.17) is 0 Å². The Hall–Kier alpha value is -4.84. The Labute approximate surface area is 238 Å². The second-order valence-electron chi connectivity index (χ2n) is 10.6. The maximum Gasteiger partial charge on any atom is 0.229 e. The number of H-pyrrole nitrogens is 1. The van der Waals surface area contributed by atoms with Gasteiger partial charge in [-0.2, -0.15) is 5.10 Å². The molecule has 0 unspecified atom stereocenters. The molecule has 0 spiro atoms. The van der Waals surface area contributed by atoms with Gasteiger partial charge in [0.2, 0.25) is 5.91 Å². The number of carbonyl (C=O) groups is 2. The van der Waals surface area contributed by atoms with Gasteiger partial charge >= 0.3 is 0 Å². The van der Waals surface area contributed by atoms with Crippen molar-refractivity contribution >= 4 is 45.6 Å². The zero-order valence-corrected chi connectivity index (χ0v) is 23.5. The number of thiophene rings is 1. The molecule has 6 rings (SSSR count). The van der Waals surface area contributed by atoms with E-state index in [-0.39, 0.29) is 35.2 Å². The summed E-state index contributed by atoms with van der Waals surface area (Å²) in [6.45, 7) is 7.23. The highest BCUT2D eigenvalue weighted by Crippen LogP contribution is 2.34. The average molecular weight is 569 g/mol. The highest BCUT2D eigenvalue weighted by molar-refractivity contribution is 7.17. The van der Waals surface area contributed by atoms with Gasteiger partial charge in [-0.25, -0.2) is 14.4 Å². The predicted molar refractivity (Wildman–Crippen MR) is 155 cm³/mol. The van der Waals surface area contributed by atoms with Gasteiger partial charge in [0.05, 0.1) is 34.4 Å². The van der Waals surface area contributed by atoms with Crippen molar-refractivity contribution in [3.8, 4) is 21.7 Å². The van der Waals surface area contributed by atoms with Crippen LogP contribution in [0.2, 0.25) is 0 Å². The number of hydrogen-bond acceptors (Lipinski definition) is 9. The monoisotopic (exact) mass is 568 g/mol. The molecule has 206 valence electrons. The molecule has 1 aliphatic rings. The SMILES string of the molecule is CC(=O)c1ccc(-c2ccnc3nc(C4=NNCc5cnc(-c6cncc(NC(=O)C(C)(C)C)c6)c(F)c54)[nH]c23)s1. The van der Waals surface area contributed by atoms with Gasteiger partial charge in [0.25, 0.3) is 0 Å². The van der Waals surface area contributed by atoms with Gasteiger partial charge in [0.1, 0.15) is 11.4 Å². The van der Waals surface area contributed by atoms with Gasteiger partial charge in [-0.1, -0.05) is 20.8 Å². The third-order valence-corrected chi connectivity index (χ3v) is 7.80. The Morgan fingerprint density at radius 3 is 2.68 bits per heavy atom. The van der Waals surface area contributed by atoms with E-state index in [0.717, 1.165) is 10.4 Å². The minimum Gasteiger partial charge on any atom is -0.335 e. The van der Waals surface area contributed by atoms with Gasteiger partial charge in [-0.3, -0.25) is 19.6 Å². The minimum absolute atomic E-state index is 0.00620. The van der Waals surface area contributed by atoms with Crippen LogP contribution < -0.4 is 10.7 Å². The number of halogens is 1. The topological polar surface area (TPSA) is 138 Å². The fourth-order valence-electron chi connectivity index (χ4n) is 4.40. The number of pyridine rings is 3. The Morgan fingerprint density at radius 1 is 1.10 bits per heavy atom. The number of nitrogens with one attached hydrogen (secondary N) is 3. The summed E-state index contributed by atoms with van der Waals surface area (Å²) in [5, 5.41) is 7.23. The first kappa shape index (κ1) is 26.4. The number of hydrogen-bond donors (Lipinski definition) is 3. The zero-order valence-electron chi connectivity index (χ0n) is 22.7. The second kappa shape index (κ2) is 9.97. The van der Waals surface area contributed by atoms with Crippen molar-refractivity contribution in [2.75, 3.05) is 5.32 Å². The zero-order chi connectivity index (χ0) is 28.9. The lowest BCUT2D eigenvalue weighted by Crippen LogP contribution is -2.27. The minimum atomic E-state index is -0.607. The van der Waals surface area contributed by atoms with E-state index in [2.05, 4.69) is 40.8 Å². The molecule has 5 aromatic rings. The molecule has 0 saturated carbocycles. The molecular formula is C29H25FN8O2S. The van der Waals surface area contributed by atoms with Gasteiger partial charge in [0, 0.05) is 45.6 Å².